The minimum atomic E-state index is 0.376. The predicted octanol–water partition coefficient (Wildman–Crippen LogP) is 1.81. The van der Waals surface area contributed by atoms with E-state index in [-0.39, 0.29) is 0 Å². The van der Waals surface area contributed by atoms with Crippen LogP contribution in [0.2, 0.25) is 0 Å². The molecule has 2 aliphatic heterocycles. The molecule has 0 aliphatic carbocycles. The van der Waals surface area contributed by atoms with Crippen molar-refractivity contribution in [1.82, 2.24) is 10.6 Å². The Morgan fingerprint density at radius 1 is 0.944 bits per heavy atom. The Bertz CT molecular complexity index is 328. The number of hydrogen-bond donors (Lipinski definition) is 2. The van der Waals surface area contributed by atoms with Gasteiger partial charge in [-0.05, 0) is 43.0 Å². The highest BCUT2D eigenvalue weighted by Gasteiger charge is 2.17. The molecule has 0 radical (unpaired) electrons. The summed E-state index contributed by atoms with van der Waals surface area (Å²) in [6.07, 6.45) is 2.54. The van der Waals surface area contributed by atoms with Crippen molar-refractivity contribution >= 4 is 0 Å². The van der Waals surface area contributed by atoms with E-state index in [2.05, 4.69) is 34.9 Å². The zero-order valence-electron chi connectivity index (χ0n) is 10.8. The molecule has 2 saturated heterocycles. The molecule has 3 nitrogen and oxygen atoms in total. The Hall–Kier alpha value is -0.900. The van der Waals surface area contributed by atoms with Crippen molar-refractivity contribution in [3.05, 3.63) is 35.4 Å². The molecule has 18 heavy (non-hydrogen) atoms. The lowest BCUT2D eigenvalue weighted by atomic mass is 9.89. The lowest BCUT2D eigenvalue weighted by molar-refractivity contribution is 0.0769. The highest BCUT2D eigenvalue weighted by atomic mass is 16.5. The number of ether oxygens (including phenoxy) is 1. The lowest BCUT2D eigenvalue weighted by Crippen LogP contribution is -2.34. The molecule has 0 amide bonds. The van der Waals surface area contributed by atoms with Crippen molar-refractivity contribution in [1.29, 1.82) is 0 Å². The number of morpholine rings is 1. The van der Waals surface area contributed by atoms with E-state index in [1.54, 1.807) is 0 Å². The molecule has 2 N–H and O–H groups in total. The Kier molecular flexibility index (Phi) is 3.93. The van der Waals surface area contributed by atoms with Crippen molar-refractivity contribution in [3.8, 4) is 0 Å². The van der Waals surface area contributed by atoms with Gasteiger partial charge in [-0.25, -0.2) is 0 Å². The van der Waals surface area contributed by atoms with Crippen LogP contribution in [0.15, 0.2) is 24.3 Å². The standard InChI is InChI=1S/C15H22N2O/c1-3-14(15-11-18-10-9-17-15)4-2-12(1)13-5-7-16-8-6-13/h1-4,13,15-17H,5-11H2. The van der Waals surface area contributed by atoms with Crippen LogP contribution >= 0.6 is 0 Å². The SMILES string of the molecule is c1cc(C2COCCN2)ccc1C1CCNCC1. The lowest BCUT2D eigenvalue weighted by Gasteiger charge is -2.26. The topological polar surface area (TPSA) is 33.3 Å². The second-order valence-corrected chi connectivity index (χ2v) is 5.27. The van der Waals surface area contributed by atoms with Gasteiger partial charge < -0.3 is 15.4 Å². The average Bonchev–Trinajstić information content (AvgIpc) is 2.49. The van der Waals surface area contributed by atoms with Gasteiger partial charge in [0.15, 0.2) is 0 Å². The summed E-state index contributed by atoms with van der Waals surface area (Å²) >= 11 is 0. The first-order valence-electron chi connectivity index (χ1n) is 7.05. The minimum Gasteiger partial charge on any atom is -0.378 e. The second-order valence-electron chi connectivity index (χ2n) is 5.27. The largest absolute Gasteiger partial charge is 0.378 e. The Balaban J connectivity index is 1.67. The fourth-order valence-corrected chi connectivity index (χ4v) is 2.94. The van der Waals surface area contributed by atoms with Gasteiger partial charge in [-0.1, -0.05) is 24.3 Å². The second kappa shape index (κ2) is 5.83. The molecule has 1 atom stereocenters. The first kappa shape index (κ1) is 12.2. The van der Waals surface area contributed by atoms with Gasteiger partial charge in [0.1, 0.15) is 0 Å². The predicted molar refractivity (Wildman–Crippen MR) is 72.8 cm³/mol. The van der Waals surface area contributed by atoms with E-state index in [4.69, 9.17) is 4.74 Å². The van der Waals surface area contributed by atoms with Crippen LogP contribution in [0.1, 0.15) is 35.9 Å². The molecule has 3 heteroatoms. The summed E-state index contributed by atoms with van der Waals surface area (Å²) in [4.78, 5) is 0. The summed E-state index contributed by atoms with van der Waals surface area (Å²) in [6.45, 7) is 4.91. The zero-order chi connectivity index (χ0) is 12.2. The molecule has 0 spiro atoms. The summed E-state index contributed by atoms with van der Waals surface area (Å²) in [5.74, 6) is 0.746. The van der Waals surface area contributed by atoms with Gasteiger partial charge >= 0.3 is 0 Å². The van der Waals surface area contributed by atoms with E-state index in [0.717, 1.165) is 38.8 Å². The molecule has 2 heterocycles. The Labute approximate surface area is 109 Å². The maximum Gasteiger partial charge on any atom is 0.0662 e. The van der Waals surface area contributed by atoms with E-state index in [9.17, 15) is 0 Å². The van der Waals surface area contributed by atoms with Gasteiger partial charge in [0.2, 0.25) is 0 Å². The number of hydrogen-bond acceptors (Lipinski definition) is 3. The molecular formula is C15H22N2O. The first-order valence-corrected chi connectivity index (χ1v) is 7.05. The molecular weight excluding hydrogens is 224 g/mol. The minimum absolute atomic E-state index is 0.376. The summed E-state index contributed by atoms with van der Waals surface area (Å²) in [7, 11) is 0. The molecule has 98 valence electrons. The van der Waals surface area contributed by atoms with Crippen LogP contribution in [-0.2, 0) is 4.74 Å². The van der Waals surface area contributed by atoms with Crippen molar-refractivity contribution < 1.29 is 4.74 Å². The van der Waals surface area contributed by atoms with Crippen molar-refractivity contribution in [2.75, 3.05) is 32.8 Å². The van der Waals surface area contributed by atoms with Gasteiger partial charge in [0, 0.05) is 6.54 Å². The van der Waals surface area contributed by atoms with E-state index < -0.39 is 0 Å². The van der Waals surface area contributed by atoms with Gasteiger partial charge in [0.25, 0.3) is 0 Å². The van der Waals surface area contributed by atoms with Crippen LogP contribution in [-0.4, -0.2) is 32.8 Å². The fraction of sp³-hybridized carbons (Fsp3) is 0.600. The summed E-state index contributed by atoms with van der Waals surface area (Å²) in [6, 6.07) is 9.53. The third-order valence-corrected chi connectivity index (χ3v) is 4.07. The highest BCUT2D eigenvalue weighted by molar-refractivity contribution is 5.28. The van der Waals surface area contributed by atoms with Crippen molar-refractivity contribution in [2.24, 2.45) is 0 Å². The van der Waals surface area contributed by atoms with Crippen LogP contribution in [0.3, 0.4) is 0 Å². The molecule has 0 bridgehead atoms. The third-order valence-electron chi connectivity index (χ3n) is 4.07. The number of nitrogens with one attached hydrogen (secondary N) is 2. The molecule has 3 rings (SSSR count). The smallest absolute Gasteiger partial charge is 0.0662 e. The molecule has 1 unspecified atom stereocenters. The highest BCUT2D eigenvalue weighted by Crippen LogP contribution is 2.26. The fourth-order valence-electron chi connectivity index (χ4n) is 2.94. The first-order chi connectivity index (χ1) is 8.93. The molecule has 0 saturated carbocycles. The van der Waals surface area contributed by atoms with E-state index in [1.165, 1.54) is 24.0 Å². The summed E-state index contributed by atoms with van der Waals surface area (Å²) in [5, 5.41) is 6.92. The van der Waals surface area contributed by atoms with E-state index in [0.29, 0.717) is 6.04 Å². The van der Waals surface area contributed by atoms with Crippen molar-refractivity contribution in [2.45, 2.75) is 24.8 Å². The van der Waals surface area contributed by atoms with Gasteiger partial charge in [0.05, 0.1) is 19.3 Å². The van der Waals surface area contributed by atoms with E-state index in [1.807, 2.05) is 0 Å². The van der Waals surface area contributed by atoms with E-state index >= 15 is 0 Å². The molecule has 1 aromatic carbocycles. The monoisotopic (exact) mass is 246 g/mol. The van der Waals surface area contributed by atoms with Crippen LogP contribution in [0, 0.1) is 0 Å². The zero-order valence-corrected chi connectivity index (χ0v) is 10.8. The average molecular weight is 246 g/mol. The molecule has 0 aromatic heterocycles. The molecule has 2 aliphatic rings. The van der Waals surface area contributed by atoms with Gasteiger partial charge in [-0.2, -0.15) is 0 Å². The third kappa shape index (κ3) is 2.74. The quantitative estimate of drug-likeness (QED) is 0.835. The van der Waals surface area contributed by atoms with Crippen LogP contribution in [0.4, 0.5) is 0 Å². The maximum atomic E-state index is 5.51. The van der Waals surface area contributed by atoms with Crippen LogP contribution in [0.5, 0.6) is 0 Å². The van der Waals surface area contributed by atoms with Crippen LogP contribution < -0.4 is 10.6 Å². The molecule has 2 fully saturated rings. The number of rotatable bonds is 2. The molecule has 1 aromatic rings. The maximum absolute atomic E-state index is 5.51. The number of benzene rings is 1. The Morgan fingerprint density at radius 3 is 2.33 bits per heavy atom. The van der Waals surface area contributed by atoms with Gasteiger partial charge in [-0.15, -0.1) is 0 Å². The summed E-state index contributed by atoms with van der Waals surface area (Å²) < 4.78 is 5.51. The Morgan fingerprint density at radius 2 is 1.67 bits per heavy atom. The number of piperidine rings is 1. The van der Waals surface area contributed by atoms with Crippen molar-refractivity contribution in [3.63, 3.8) is 0 Å². The van der Waals surface area contributed by atoms with Gasteiger partial charge in [-0.3, -0.25) is 0 Å². The van der Waals surface area contributed by atoms with Crippen LogP contribution in [0.25, 0.3) is 0 Å². The normalized spacial score (nSPS) is 26.1. The summed E-state index contributed by atoms with van der Waals surface area (Å²) in [5.41, 5.74) is 2.85.